The maximum atomic E-state index is 4.90. The highest BCUT2D eigenvalue weighted by atomic mass is 32.1. The molecule has 7 nitrogen and oxygen atoms in total. The lowest BCUT2D eigenvalue weighted by Crippen LogP contribution is -2.07. The molecule has 0 saturated carbocycles. The third-order valence-electron chi connectivity index (χ3n) is 6.07. The van der Waals surface area contributed by atoms with Gasteiger partial charge in [0.25, 0.3) is 0 Å². The number of aromatic nitrogens is 7. The molecule has 178 valence electrons. The van der Waals surface area contributed by atoms with Crippen LogP contribution in [0.4, 0.5) is 0 Å². The molecule has 0 unspecified atom stereocenters. The van der Waals surface area contributed by atoms with E-state index in [9.17, 15) is 0 Å². The molecule has 5 rings (SSSR count). The minimum atomic E-state index is 0.666. The molecule has 0 saturated heterocycles. The van der Waals surface area contributed by atoms with Crippen molar-refractivity contribution in [3.8, 4) is 22.5 Å². The molecule has 3 heterocycles. The molecule has 0 spiro atoms. The second kappa shape index (κ2) is 11.2. The molecular weight excluding hydrogens is 454 g/mol. The zero-order chi connectivity index (χ0) is 23.9. The molecule has 0 aliphatic heterocycles. The quantitative estimate of drug-likeness (QED) is 0.258. The Morgan fingerprint density at radius 1 is 0.886 bits per heavy atom. The Morgan fingerprint density at radius 2 is 1.74 bits per heavy atom. The van der Waals surface area contributed by atoms with E-state index in [0.717, 1.165) is 73.4 Å². The van der Waals surface area contributed by atoms with Crippen LogP contribution < -0.4 is 0 Å². The number of unbranched alkanes of at least 4 members (excludes halogenated alkanes) is 1. The molecule has 0 radical (unpaired) electrons. The first kappa shape index (κ1) is 23.1. The fourth-order valence-electron chi connectivity index (χ4n) is 4.23. The fraction of sp³-hybridized carbons (Fsp3) is 0.296. The molecular formula is C27H29N7S. The van der Waals surface area contributed by atoms with Gasteiger partial charge in [0.15, 0.2) is 11.6 Å². The van der Waals surface area contributed by atoms with Crippen LogP contribution in [0.1, 0.15) is 48.3 Å². The number of rotatable bonds is 11. The third-order valence-corrected chi connectivity index (χ3v) is 7.01. The topological polar surface area (TPSA) is 85.2 Å². The van der Waals surface area contributed by atoms with E-state index < -0.39 is 0 Å². The standard InChI is InChI=1S/C27H29N7S/c1-2-3-13-26-28-25(12-6-8-22-9-7-18-35-22)31-34(26)19-20-14-16-21(17-15-20)23-10-4-5-11-24(23)27-29-32-33-30-27/h4-5,7,9-11,14-18H,2-3,6,8,12-13,19H2,1H3,(H,29,30,32,33). The lowest BCUT2D eigenvalue weighted by molar-refractivity contribution is 0.612. The van der Waals surface area contributed by atoms with Crippen molar-refractivity contribution < 1.29 is 0 Å². The normalized spacial score (nSPS) is 11.2. The van der Waals surface area contributed by atoms with Gasteiger partial charge >= 0.3 is 0 Å². The Labute approximate surface area is 209 Å². The first-order valence-corrected chi connectivity index (χ1v) is 13.1. The molecule has 0 bridgehead atoms. The summed E-state index contributed by atoms with van der Waals surface area (Å²) in [6.45, 7) is 2.94. The highest BCUT2D eigenvalue weighted by Crippen LogP contribution is 2.29. The maximum absolute atomic E-state index is 4.90. The van der Waals surface area contributed by atoms with Crippen molar-refractivity contribution in [2.75, 3.05) is 0 Å². The number of hydrogen-bond acceptors (Lipinski definition) is 6. The van der Waals surface area contributed by atoms with Crippen LogP contribution in [0, 0.1) is 0 Å². The molecule has 0 aliphatic carbocycles. The summed E-state index contributed by atoms with van der Waals surface area (Å²) in [4.78, 5) is 6.33. The molecule has 8 heteroatoms. The van der Waals surface area contributed by atoms with Gasteiger partial charge in [-0.05, 0) is 57.8 Å². The second-order valence-electron chi connectivity index (χ2n) is 8.63. The smallest absolute Gasteiger partial charge is 0.180 e. The van der Waals surface area contributed by atoms with Crippen LogP contribution in [-0.2, 0) is 25.8 Å². The molecule has 35 heavy (non-hydrogen) atoms. The van der Waals surface area contributed by atoms with Crippen molar-refractivity contribution in [1.29, 1.82) is 0 Å². The van der Waals surface area contributed by atoms with Gasteiger partial charge in [0.1, 0.15) is 5.82 Å². The lowest BCUT2D eigenvalue weighted by Gasteiger charge is -2.09. The number of aromatic amines is 1. The number of thiophene rings is 1. The van der Waals surface area contributed by atoms with Crippen molar-refractivity contribution >= 4 is 11.3 Å². The van der Waals surface area contributed by atoms with Gasteiger partial charge in [-0.1, -0.05) is 67.9 Å². The zero-order valence-corrected chi connectivity index (χ0v) is 20.7. The van der Waals surface area contributed by atoms with E-state index in [4.69, 9.17) is 10.1 Å². The number of aryl methyl sites for hydroxylation is 3. The highest BCUT2D eigenvalue weighted by molar-refractivity contribution is 7.09. The van der Waals surface area contributed by atoms with E-state index in [1.54, 1.807) is 0 Å². The van der Waals surface area contributed by atoms with Gasteiger partial charge in [-0.15, -0.1) is 16.4 Å². The summed E-state index contributed by atoms with van der Waals surface area (Å²) in [5.74, 6) is 2.71. The van der Waals surface area contributed by atoms with Crippen molar-refractivity contribution in [2.24, 2.45) is 0 Å². The van der Waals surface area contributed by atoms with Gasteiger partial charge in [-0.3, -0.25) is 0 Å². The number of tetrazole rings is 1. The molecule has 5 aromatic rings. The Balaban J connectivity index is 1.31. The molecule has 2 aromatic carbocycles. The molecule has 0 fully saturated rings. The van der Waals surface area contributed by atoms with E-state index in [1.807, 2.05) is 29.5 Å². The second-order valence-corrected chi connectivity index (χ2v) is 9.66. The third kappa shape index (κ3) is 5.71. The number of H-pyrrole nitrogens is 1. The predicted molar refractivity (Wildman–Crippen MR) is 139 cm³/mol. The van der Waals surface area contributed by atoms with Crippen LogP contribution in [0.3, 0.4) is 0 Å². The van der Waals surface area contributed by atoms with Crippen molar-refractivity contribution in [3.05, 3.63) is 88.1 Å². The summed E-state index contributed by atoms with van der Waals surface area (Å²) >= 11 is 1.82. The van der Waals surface area contributed by atoms with E-state index >= 15 is 0 Å². The first-order valence-electron chi connectivity index (χ1n) is 12.2. The molecule has 0 amide bonds. The average molecular weight is 484 g/mol. The van der Waals surface area contributed by atoms with Gasteiger partial charge < -0.3 is 0 Å². The van der Waals surface area contributed by atoms with E-state index in [1.165, 1.54) is 10.4 Å². The van der Waals surface area contributed by atoms with Gasteiger partial charge in [-0.25, -0.2) is 14.8 Å². The largest absolute Gasteiger partial charge is 0.245 e. The Bertz CT molecular complexity index is 1320. The number of hydrogen-bond donors (Lipinski definition) is 1. The molecule has 0 atom stereocenters. The van der Waals surface area contributed by atoms with Crippen LogP contribution in [0.25, 0.3) is 22.5 Å². The summed E-state index contributed by atoms with van der Waals surface area (Å²) in [5.41, 5.74) is 4.41. The van der Waals surface area contributed by atoms with Crippen molar-refractivity contribution in [2.45, 2.75) is 52.0 Å². The average Bonchev–Trinajstić information content (AvgIpc) is 3.67. The van der Waals surface area contributed by atoms with Crippen LogP contribution in [0.5, 0.6) is 0 Å². The summed E-state index contributed by atoms with van der Waals surface area (Å²) in [6, 6.07) is 21.1. The summed E-state index contributed by atoms with van der Waals surface area (Å²) in [5, 5.41) is 21.4. The number of nitrogens with zero attached hydrogens (tertiary/aromatic N) is 6. The minimum Gasteiger partial charge on any atom is -0.245 e. The summed E-state index contributed by atoms with van der Waals surface area (Å²) in [7, 11) is 0. The molecule has 1 N–H and O–H groups in total. The molecule has 0 aliphatic rings. The Kier molecular flexibility index (Phi) is 7.38. The van der Waals surface area contributed by atoms with Gasteiger partial charge in [0, 0.05) is 23.3 Å². The van der Waals surface area contributed by atoms with E-state index in [2.05, 4.69) is 80.1 Å². The summed E-state index contributed by atoms with van der Waals surface area (Å²) < 4.78 is 2.10. The van der Waals surface area contributed by atoms with E-state index in [-0.39, 0.29) is 0 Å². The maximum Gasteiger partial charge on any atom is 0.180 e. The Morgan fingerprint density at radius 3 is 2.49 bits per heavy atom. The van der Waals surface area contributed by atoms with Gasteiger partial charge in [0.05, 0.1) is 6.54 Å². The fourth-order valence-corrected chi connectivity index (χ4v) is 4.98. The monoisotopic (exact) mass is 483 g/mol. The first-order chi connectivity index (χ1) is 17.3. The van der Waals surface area contributed by atoms with Crippen molar-refractivity contribution in [3.63, 3.8) is 0 Å². The Hall–Kier alpha value is -3.65. The van der Waals surface area contributed by atoms with E-state index in [0.29, 0.717) is 5.82 Å². The number of nitrogens with one attached hydrogen (secondary N) is 1. The van der Waals surface area contributed by atoms with Crippen LogP contribution in [-0.4, -0.2) is 35.4 Å². The summed E-state index contributed by atoms with van der Waals surface area (Å²) in [6.07, 6.45) is 6.31. The van der Waals surface area contributed by atoms with Gasteiger partial charge in [-0.2, -0.15) is 5.10 Å². The van der Waals surface area contributed by atoms with Crippen LogP contribution in [0.15, 0.2) is 66.0 Å². The van der Waals surface area contributed by atoms with Crippen molar-refractivity contribution in [1.82, 2.24) is 35.4 Å². The highest BCUT2D eigenvalue weighted by Gasteiger charge is 2.12. The zero-order valence-electron chi connectivity index (χ0n) is 19.9. The SMILES string of the molecule is CCCCc1nc(CCCc2cccs2)nn1Cc1ccc(-c2ccccc2-c2nnn[nH]2)cc1. The minimum absolute atomic E-state index is 0.666. The number of benzene rings is 2. The predicted octanol–water partition coefficient (Wildman–Crippen LogP) is 5.75. The molecule has 3 aromatic heterocycles. The lowest BCUT2D eigenvalue weighted by atomic mass is 9.98. The van der Waals surface area contributed by atoms with Crippen LogP contribution in [0.2, 0.25) is 0 Å². The van der Waals surface area contributed by atoms with Gasteiger partial charge in [0.2, 0.25) is 0 Å². The van der Waals surface area contributed by atoms with Crippen LogP contribution >= 0.6 is 11.3 Å².